The van der Waals surface area contributed by atoms with Crippen molar-refractivity contribution in [3.05, 3.63) is 23.4 Å². The Morgan fingerprint density at radius 3 is 3.00 bits per heavy atom. The average molecular weight is 225 g/mol. The van der Waals surface area contributed by atoms with Crippen LogP contribution >= 0.6 is 11.6 Å². The summed E-state index contributed by atoms with van der Waals surface area (Å²) in [6.07, 6.45) is 5.16. The maximum absolute atomic E-state index is 5.84. The first-order valence-corrected chi connectivity index (χ1v) is 6.05. The number of nitrogens with zero attached hydrogens (tertiary/aromatic N) is 1. The van der Waals surface area contributed by atoms with Crippen LogP contribution in [0.2, 0.25) is 5.15 Å². The summed E-state index contributed by atoms with van der Waals surface area (Å²) < 4.78 is 0. The summed E-state index contributed by atoms with van der Waals surface area (Å²) in [5, 5.41) is 4.01. The molecule has 2 unspecified atom stereocenters. The Bertz CT molecular complexity index is 327. The van der Waals surface area contributed by atoms with Gasteiger partial charge in [0, 0.05) is 6.04 Å². The van der Waals surface area contributed by atoms with E-state index in [1.54, 1.807) is 6.07 Å². The Balaban J connectivity index is 1.92. The molecule has 2 rings (SSSR count). The van der Waals surface area contributed by atoms with E-state index >= 15 is 0 Å². The number of anilines is 1. The molecule has 1 aromatic heterocycles. The molecule has 0 aromatic carbocycles. The first-order valence-electron chi connectivity index (χ1n) is 5.67. The van der Waals surface area contributed by atoms with Crippen molar-refractivity contribution in [3.8, 4) is 0 Å². The van der Waals surface area contributed by atoms with Gasteiger partial charge in [0.25, 0.3) is 0 Å². The Labute approximate surface area is 96.1 Å². The molecule has 1 saturated carbocycles. The van der Waals surface area contributed by atoms with Gasteiger partial charge < -0.3 is 5.32 Å². The minimum absolute atomic E-state index is 0.560. The lowest BCUT2D eigenvalue weighted by Crippen LogP contribution is -2.16. The zero-order valence-corrected chi connectivity index (χ0v) is 9.80. The number of hydrogen-bond acceptors (Lipinski definition) is 2. The van der Waals surface area contributed by atoms with Crippen LogP contribution in [-0.4, -0.2) is 11.0 Å². The Kier molecular flexibility index (Phi) is 3.47. The van der Waals surface area contributed by atoms with Gasteiger partial charge in [-0.2, -0.15) is 0 Å². The number of halogens is 1. The summed E-state index contributed by atoms with van der Waals surface area (Å²) in [4.78, 5) is 4.24. The zero-order chi connectivity index (χ0) is 10.7. The molecular formula is C12H17ClN2. The lowest BCUT2D eigenvalue weighted by molar-refractivity contribution is 0.524. The normalized spacial score (nSPS) is 25.5. The fraction of sp³-hybridized carbons (Fsp3) is 0.583. The van der Waals surface area contributed by atoms with Gasteiger partial charge in [-0.05, 0) is 37.3 Å². The minimum atomic E-state index is 0.560. The highest BCUT2D eigenvalue weighted by molar-refractivity contribution is 6.29. The summed E-state index contributed by atoms with van der Waals surface area (Å²) in [6.45, 7) is 2.27. The molecule has 0 bridgehead atoms. The molecule has 1 aliphatic carbocycles. The predicted molar refractivity (Wildman–Crippen MR) is 64.3 cm³/mol. The highest BCUT2D eigenvalue weighted by Gasteiger charge is 2.23. The molecule has 0 amide bonds. The van der Waals surface area contributed by atoms with Gasteiger partial charge in [0.15, 0.2) is 0 Å². The van der Waals surface area contributed by atoms with Gasteiger partial charge in [-0.15, -0.1) is 0 Å². The molecule has 1 N–H and O–H groups in total. The van der Waals surface area contributed by atoms with E-state index in [0.29, 0.717) is 11.2 Å². The average Bonchev–Trinajstić information content (AvgIpc) is 2.65. The van der Waals surface area contributed by atoms with E-state index in [1.807, 2.05) is 12.1 Å². The fourth-order valence-electron chi connectivity index (χ4n) is 2.27. The Morgan fingerprint density at radius 1 is 1.47 bits per heavy atom. The molecule has 82 valence electrons. The number of nitrogens with one attached hydrogen (secondary N) is 1. The molecule has 0 spiro atoms. The molecule has 15 heavy (non-hydrogen) atoms. The summed E-state index contributed by atoms with van der Waals surface area (Å²) in [7, 11) is 0. The van der Waals surface area contributed by atoms with Crippen LogP contribution in [0.25, 0.3) is 0 Å². The molecule has 2 nitrogen and oxygen atoms in total. The molecule has 1 heterocycles. The number of hydrogen-bond donors (Lipinski definition) is 1. The zero-order valence-electron chi connectivity index (χ0n) is 9.04. The van der Waals surface area contributed by atoms with Crippen molar-refractivity contribution in [2.45, 2.75) is 38.6 Å². The second kappa shape index (κ2) is 4.84. The van der Waals surface area contributed by atoms with Gasteiger partial charge in [0.05, 0.1) is 0 Å². The van der Waals surface area contributed by atoms with E-state index < -0.39 is 0 Å². The standard InChI is InChI=1S/C12H17ClN2/c1-2-9-6-7-10(8-9)14-12-5-3-4-11(13)15-12/h3-5,9-10H,2,6-8H2,1H3,(H,14,15). The Hall–Kier alpha value is -0.760. The van der Waals surface area contributed by atoms with Crippen molar-refractivity contribution in [1.82, 2.24) is 4.98 Å². The summed E-state index contributed by atoms with van der Waals surface area (Å²) in [5.41, 5.74) is 0. The van der Waals surface area contributed by atoms with E-state index in [4.69, 9.17) is 11.6 Å². The third-order valence-electron chi connectivity index (χ3n) is 3.19. The van der Waals surface area contributed by atoms with Crippen LogP contribution in [0, 0.1) is 5.92 Å². The van der Waals surface area contributed by atoms with Gasteiger partial charge in [0.2, 0.25) is 0 Å². The van der Waals surface area contributed by atoms with Crippen molar-refractivity contribution >= 4 is 17.4 Å². The highest BCUT2D eigenvalue weighted by Crippen LogP contribution is 2.29. The van der Waals surface area contributed by atoms with Crippen LogP contribution in [0.15, 0.2) is 18.2 Å². The first-order chi connectivity index (χ1) is 7.28. The van der Waals surface area contributed by atoms with Crippen molar-refractivity contribution in [3.63, 3.8) is 0 Å². The van der Waals surface area contributed by atoms with Gasteiger partial charge >= 0.3 is 0 Å². The summed E-state index contributed by atoms with van der Waals surface area (Å²) in [6, 6.07) is 6.30. The summed E-state index contributed by atoms with van der Waals surface area (Å²) in [5.74, 6) is 1.80. The third-order valence-corrected chi connectivity index (χ3v) is 3.40. The van der Waals surface area contributed by atoms with E-state index in [-0.39, 0.29) is 0 Å². The first kappa shape index (κ1) is 10.7. The third kappa shape index (κ3) is 2.85. The highest BCUT2D eigenvalue weighted by atomic mass is 35.5. The quantitative estimate of drug-likeness (QED) is 0.792. The van der Waals surface area contributed by atoms with Crippen LogP contribution in [-0.2, 0) is 0 Å². The molecule has 2 atom stereocenters. The molecular weight excluding hydrogens is 208 g/mol. The molecule has 0 aliphatic heterocycles. The van der Waals surface area contributed by atoms with Crippen LogP contribution in [0.3, 0.4) is 0 Å². The number of pyridine rings is 1. The monoisotopic (exact) mass is 224 g/mol. The molecule has 0 radical (unpaired) electrons. The summed E-state index contributed by atoms with van der Waals surface area (Å²) >= 11 is 5.84. The lowest BCUT2D eigenvalue weighted by atomic mass is 10.1. The predicted octanol–water partition coefficient (Wildman–Crippen LogP) is 3.73. The second-order valence-corrected chi connectivity index (χ2v) is 4.66. The van der Waals surface area contributed by atoms with Crippen molar-refractivity contribution in [2.75, 3.05) is 5.32 Å². The maximum Gasteiger partial charge on any atom is 0.131 e. The fourth-order valence-corrected chi connectivity index (χ4v) is 2.44. The van der Waals surface area contributed by atoms with E-state index in [0.717, 1.165) is 11.7 Å². The molecule has 3 heteroatoms. The lowest BCUT2D eigenvalue weighted by Gasteiger charge is -2.13. The van der Waals surface area contributed by atoms with Gasteiger partial charge in [-0.1, -0.05) is 31.0 Å². The van der Waals surface area contributed by atoms with Gasteiger partial charge in [-0.3, -0.25) is 0 Å². The van der Waals surface area contributed by atoms with Crippen molar-refractivity contribution < 1.29 is 0 Å². The van der Waals surface area contributed by atoms with Crippen LogP contribution in [0.4, 0.5) is 5.82 Å². The number of aromatic nitrogens is 1. The van der Waals surface area contributed by atoms with Crippen molar-refractivity contribution in [1.29, 1.82) is 0 Å². The van der Waals surface area contributed by atoms with E-state index in [9.17, 15) is 0 Å². The van der Waals surface area contributed by atoms with Crippen LogP contribution < -0.4 is 5.32 Å². The number of rotatable bonds is 3. The van der Waals surface area contributed by atoms with E-state index in [1.165, 1.54) is 25.7 Å². The van der Waals surface area contributed by atoms with Crippen molar-refractivity contribution in [2.24, 2.45) is 5.92 Å². The molecule has 1 aliphatic rings. The SMILES string of the molecule is CCC1CCC(Nc2cccc(Cl)n2)C1. The minimum Gasteiger partial charge on any atom is -0.367 e. The van der Waals surface area contributed by atoms with E-state index in [2.05, 4.69) is 17.2 Å². The largest absolute Gasteiger partial charge is 0.367 e. The van der Waals surface area contributed by atoms with Crippen LogP contribution in [0.1, 0.15) is 32.6 Å². The smallest absolute Gasteiger partial charge is 0.131 e. The molecule has 1 fully saturated rings. The molecule has 0 saturated heterocycles. The van der Waals surface area contributed by atoms with Crippen LogP contribution in [0.5, 0.6) is 0 Å². The maximum atomic E-state index is 5.84. The molecule has 1 aromatic rings. The Morgan fingerprint density at radius 2 is 2.33 bits per heavy atom. The second-order valence-electron chi connectivity index (χ2n) is 4.27. The topological polar surface area (TPSA) is 24.9 Å². The van der Waals surface area contributed by atoms with Gasteiger partial charge in [-0.25, -0.2) is 4.98 Å². The van der Waals surface area contributed by atoms with Gasteiger partial charge in [0.1, 0.15) is 11.0 Å².